The third kappa shape index (κ3) is 4.26. The molecule has 4 rings (SSSR count). The van der Waals surface area contributed by atoms with Gasteiger partial charge in [-0.2, -0.15) is 0 Å². The summed E-state index contributed by atoms with van der Waals surface area (Å²) in [6.45, 7) is 1.76. The number of anilines is 2. The minimum Gasteiger partial charge on any atom is -0.394 e. The number of hydrogen-bond donors (Lipinski definition) is 2. The Labute approximate surface area is 162 Å². The van der Waals surface area contributed by atoms with Crippen LogP contribution in [-0.2, 0) is 6.54 Å². The smallest absolute Gasteiger partial charge is 0.134 e. The van der Waals surface area contributed by atoms with Crippen LogP contribution in [0, 0.1) is 0 Å². The summed E-state index contributed by atoms with van der Waals surface area (Å²) in [5.41, 5.74) is 1.14. The van der Waals surface area contributed by atoms with Crippen molar-refractivity contribution in [2.45, 2.75) is 31.8 Å². The predicted molar refractivity (Wildman–Crippen MR) is 109 cm³/mol. The van der Waals surface area contributed by atoms with Crippen molar-refractivity contribution in [3.8, 4) is 10.6 Å². The number of aromatic nitrogens is 3. The molecule has 1 fully saturated rings. The Morgan fingerprint density at radius 1 is 1.15 bits per heavy atom. The molecule has 0 bridgehead atoms. The van der Waals surface area contributed by atoms with E-state index >= 15 is 0 Å². The summed E-state index contributed by atoms with van der Waals surface area (Å²) in [5.74, 6) is 1.66. The van der Waals surface area contributed by atoms with Crippen LogP contribution in [0.25, 0.3) is 10.6 Å². The van der Waals surface area contributed by atoms with Crippen molar-refractivity contribution in [2.75, 3.05) is 23.4 Å². The Morgan fingerprint density at radius 2 is 2.04 bits per heavy atom. The van der Waals surface area contributed by atoms with Gasteiger partial charge in [-0.05, 0) is 19.3 Å². The SMILES string of the molecule is OCC1CCCCN1c1cc(NCc2cnc(-c3ccccc3)s2)ncn1. The Bertz CT molecular complexity index is 870. The van der Waals surface area contributed by atoms with E-state index < -0.39 is 0 Å². The van der Waals surface area contributed by atoms with Crippen molar-refractivity contribution in [3.05, 3.63) is 53.8 Å². The standard InChI is InChI=1S/C20H23N5OS/c26-13-16-8-4-5-9-25(16)19-10-18(23-14-24-19)21-11-17-12-22-20(27-17)15-6-2-1-3-7-15/h1-3,6-7,10,12,14,16,26H,4-5,8-9,11,13H2,(H,21,23,24). The number of nitrogens with one attached hydrogen (secondary N) is 1. The number of aliphatic hydroxyl groups excluding tert-OH is 1. The van der Waals surface area contributed by atoms with E-state index in [0.29, 0.717) is 6.54 Å². The highest BCUT2D eigenvalue weighted by atomic mass is 32.1. The van der Waals surface area contributed by atoms with Crippen molar-refractivity contribution >= 4 is 23.0 Å². The van der Waals surface area contributed by atoms with Crippen molar-refractivity contribution < 1.29 is 5.11 Å². The summed E-state index contributed by atoms with van der Waals surface area (Å²) in [6, 6.07) is 12.3. The lowest BCUT2D eigenvalue weighted by atomic mass is 10.0. The van der Waals surface area contributed by atoms with Crippen LogP contribution in [0.4, 0.5) is 11.6 Å². The third-order valence-corrected chi connectivity index (χ3v) is 5.85. The molecular weight excluding hydrogens is 358 g/mol. The van der Waals surface area contributed by atoms with Crippen LogP contribution >= 0.6 is 11.3 Å². The molecule has 7 heteroatoms. The highest BCUT2D eigenvalue weighted by Gasteiger charge is 2.23. The minimum absolute atomic E-state index is 0.149. The molecule has 1 unspecified atom stereocenters. The van der Waals surface area contributed by atoms with Gasteiger partial charge in [-0.1, -0.05) is 30.3 Å². The number of nitrogens with zero attached hydrogens (tertiary/aromatic N) is 4. The topological polar surface area (TPSA) is 74.2 Å². The molecular formula is C20H23N5OS. The normalized spacial score (nSPS) is 17.1. The van der Waals surface area contributed by atoms with Crippen LogP contribution in [-0.4, -0.2) is 39.3 Å². The molecule has 27 heavy (non-hydrogen) atoms. The second-order valence-corrected chi connectivity index (χ2v) is 7.75. The van der Waals surface area contributed by atoms with Gasteiger partial charge in [0.2, 0.25) is 0 Å². The maximum absolute atomic E-state index is 9.63. The average molecular weight is 382 g/mol. The molecule has 0 spiro atoms. The summed E-state index contributed by atoms with van der Waals surface area (Å²) in [4.78, 5) is 16.6. The van der Waals surface area contributed by atoms with E-state index in [1.165, 1.54) is 0 Å². The fourth-order valence-electron chi connectivity index (χ4n) is 3.37. The number of thiazole rings is 1. The molecule has 1 aliphatic rings. The first-order valence-electron chi connectivity index (χ1n) is 9.27. The van der Waals surface area contributed by atoms with Gasteiger partial charge in [0, 0.05) is 29.2 Å². The van der Waals surface area contributed by atoms with Crippen molar-refractivity contribution in [1.82, 2.24) is 15.0 Å². The number of rotatable bonds is 6. The quantitative estimate of drug-likeness (QED) is 0.680. The van der Waals surface area contributed by atoms with E-state index in [0.717, 1.165) is 52.9 Å². The van der Waals surface area contributed by atoms with Crippen molar-refractivity contribution in [1.29, 1.82) is 0 Å². The van der Waals surface area contributed by atoms with Crippen LogP contribution in [0.1, 0.15) is 24.1 Å². The molecule has 0 radical (unpaired) electrons. The Balaban J connectivity index is 1.42. The highest BCUT2D eigenvalue weighted by Crippen LogP contribution is 2.26. The summed E-state index contributed by atoms with van der Waals surface area (Å²) in [6.07, 6.45) is 6.79. The lowest BCUT2D eigenvalue weighted by molar-refractivity contribution is 0.239. The molecule has 2 N–H and O–H groups in total. The van der Waals surface area contributed by atoms with Gasteiger partial charge >= 0.3 is 0 Å². The van der Waals surface area contributed by atoms with Gasteiger partial charge in [0.15, 0.2) is 0 Å². The number of aliphatic hydroxyl groups is 1. The van der Waals surface area contributed by atoms with Gasteiger partial charge in [0.1, 0.15) is 23.0 Å². The molecule has 0 amide bonds. The van der Waals surface area contributed by atoms with E-state index in [4.69, 9.17) is 0 Å². The molecule has 0 aliphatic carbocycles. The second kappa shape index (κ2) is 8.45. The van der Waals surface area contributed by atoms with Gasteiger partial charge in [-0.3, -0.25) is 0 Å². The Morgan fingerprint density at radius 3 is 2.89 bits per heavy atom. The molecule has 1 aliphatic heterocycles. The van der Waals surface area contributed by atoms with Crippen molar-refractivity contribution in [3.63, 3.8) is 0 Å². The van der Waals surface area contributed by atoms with Gasteiger partial charge in [0.25, 0.3) is 0 Å². The fourth-order valence-corrected chi connectivity index (χ4v) is 4.23. The lowest BCUT2D eigenvalue weighted by Gasteiger charge is -2.35. The molecule has 1 atom stereocenters. The summed E-state index contributed by atoms with van der Waals surface area (Å²) < 4.78 is 0. The van der Waals surface area contributed by atoms with Gasteiger partial charge in [0.05, 0.1) is 19.2 Å². The molecule has 0 saturated carbocycles. The van der Waals surface area contributed by atoms with Crippen LogP contribution < -0.4 is 10.2 Å². The Hall–Kier alpha value is -2.51. The first kappa shape index (κ1) is 17.9. The molecule has 3 aromatic rings. The van der Waals surface area contributed by atoms with E-state index in [1.807, 2.05) is 30.5 Å². The monoisotopic (exact) mass is 381 g/mol. The van der Waals surface area contributed by atoms with E-state index in [2.05, 4.69) is 37.3 Å². The maximum Gasteiger partial charge on any atom is 0.134 e. The van der Waals surface area contributed by atoms with Crippen LogP contribution in [0.5, 0.6) is 0 Å². The van der Waals surface area contributed by atoms with Gasteiger partial charge < -0.3 is 15.3 Å². The second-order valence-electron chi connectivity index (χ2n) is 6.64. The average Bonchev–Trinajstić information content (AvgIpc) is 3.22. The highest BCUT2D eigenvalue weighted by molar-refractivity contribution is 7.15. The molecule has 2 aromatic heterocycles. The zero-order valence-corrected chi connectivity index (χ0v) is 15.9. The predicted octanol–water partition coefficient (Wildman–Crippen LogP) is 3.56. The lowest BCUT2D eigenvalue weighted by Crippen LogP contribution is -2.42. The number of benzene rings is 1. The van der Waals surface area contributed by atoms with Crippen LogP contribution in [0.15, 0.2) is 48.9 Å². The molecule has 1 saturated heterocycles. The van der Waals surface area contributed by atoms with E-state index in [-0.39, 0.29) is 12.6 Å². The van der Waals surface area contributed by atoms with Crippen molar-refractivity contribution in [2.24, 2.45) is 0 Å². The summed E-state index contributed by atoms with van der Waals surface area (Å²) >= 11 is 1.68. The largest absolute Gasteiger partial charge is 0.394 e. The third-order valence-electron chi connectivity index (χ3n) is 4.80. The van der Waals surface area contributed by atoms with Gasteiger partial charge in [-0.25, -0.2) is 15.0 Å². The zero-order valence-electron chi connectivity index (χ0n) is 15.1. The van der Waals surface area contributed by atoms with Crippen LogP contribution in [0.2, 0.25) is 0 Å². The van der Waals surface area contributed by atoms with E-state index in [9.17, 15) is 5.11 Å². The van der Waals surface area contributed by atoms with E-state index in [1.54, 1.807) is 17.7 Å². The fraction of sp³-hybridized carbons (Fsp3) is 0.350. The summed E-state index contributed by atoms with van der Waals surface area (Å²) in [7, 11) is 0. The van der Waals surface area contributed by atoms with Crippen LogP contribution in [0.3, 0.4) is 0 Å². The first-order valence-corrected chi connectivity index (χ1v) is 10.1. The van der Waals surface area contributed by atoms with Gasteiger partial charge in [-0.15, -0.1) is 11.3 Å². The molecule has 140 valence electrons. The molecule has 1 aromatic carbocycles. The maximum atomic E-state index is 9.63. The first-order chi connectivity index (χ1) is 13.3. The summed E-state index contributed by atoms with van der Waals surface area (Å²) in [5, 5.41) is 14.0. The number of hydrogen-bond acceptors (Lipinski definition) is 7. The molecule has 3 heterocycles. The minimum atomic E-state index is 0.149. The number of piperidine rings is 1. The zero-order chi connectivity index (χ0) is 18.5. The molecule has 6 nitrogen and oxygen atoms in total. The Kier molecular flexibility index (Phi) is 5.60.